The van der Waals surface area contributed by atoms with Crippen LogP contribution in [0.15, 0.2) is 47.4 Å². The van der Waals surface area contributed by atoms with Gasteiger partial charge in [0, 0.05) is 28.9 Å². The Balaban J connectivity index is 1.78. The van der Waals surface area contributed by atoms with Crippen LogP contribution in [-0.2, 0) is 14.8 Å². The average molecular weight is 416 g/mol. The van der Waals surface area contributed by atoms with Crippen LogP contribution in [0.5, 0.6) is 0 Å². The lowest BCUT2D eigenvalue weighted by molar-refractivity contribution is -0.117. The van der Waals surface area contributed by atoms with Crippen molar-refractivity contribution in [1.29, 1.82) is 0 Å². The van der Waals surface area contributed by atoms with E-state index in [1.807, 2.05) is 13.0 Å². The summed E-state index contributed by atoms with van der Waals surface area (Å²) in [5.41, 5.74) is 2.22. The summed E-state index contributed by atoms with van der Waals surface area (Å²) in [5.74, 6) is -0.361. The summed E-state index contributed by atoms with van der Waals surface area (Å²) in [7, 11) is -3.70. The number of benzene rings is 2. The molecule has 154 valence electrons. The Labute approximate surface area is 171 Å². The number of hydrogen-bond acceptors (Lipinski definition) is 4. The Hall–Kier alpha value is -2.71. The van der Waals surface area contributed by atoms with Crippen molar-refractivity contribution in [3.05, 3.63) is 53.6 Å². The van der Waals surface area contributed by atoms with Crippen molar-refractivity contribution in [2.75, 3.05) is 10.6 Å². The van der Waals surface area contributed by atoms with E-state index in [0.717, 1.165) is 18.4 Å². The smallest absolute Gasteiger partial charge is 0.255 e. The first-order chi connectivity index (χ1) is 13.7. The molecule has 2 amide bonds. The van der Waals surface area contributed by atoms with Crippen LogP contribution < -0.4 is 15.4 Å². The van der Waals surface area contributed by atoms with E-state index in [1.165, 1.54) is 18.2 Å². The van der Waals surface area contributed by atoms with Crippen LogP contribution in [0.4, 0.5) is 11.4 Å². The largest absolute Gasteiger partial charge is 0.326 e. The topological polar surface area (TPSA) is 104 Å². The maximum absolute atomic E-state index is 12.7. The van der Waals surface area contributed by atoms with E-state index in [2.05, 4.69) is 15.4 Å². The Kier molecular flexibility index (Phi) is 6.04. The summed E-state index contributed by atoms with van der Waals surface area (Å²) in [5, 5.41) is 5.65. The van der Waals surface area contributed by atoms with E-state index >= 15 is 0 Å². The van der Waals surface area contributed by atoms with E-state index in [4.69, 9.17) is 0 Å². The first-order valence-corrected chi connectivity index (χ1v) is 11.0. The SMILES string of the molecule is Cc1ccc(NC(=O)C2CC2)cc1NC(=O)c1cccc(S(=O)(=O)NC(C)C)c1. The summed E-state index contributed by atoms with van der Waals surface area (Å²) >= 11 is 0. The highest BCUT2D eigenvalue weighted by molar-refractivity contribution is 7.89. The minimum atomic E-state index is -3.70. The van der Waals surface area contributed by atoms with E-state index < -0.39 is 15.9 Å². The number of anilines is 2. The second-order valence-corrected chi connectivity index (χ2v) is 9.27. The van der Waals surface area contributed by atoms with Gasteiger partial charge in [-0.25, -0.2) is 13.1 Å². The third-order valence-electron chi connectivity index (χ3n) is 4.50. The highest BCUT2D eigenvalue weighted by Gasteiger charge is 2.29. The predicted octanol–water partition coefficient (Wildman–Crippen LogP) is 3.28. The summed E-state index contributed by atoms with van der Waals surface area (Å²) in [4.78, 5) is 24.7. The normalized spacial score (nSPS) is 13.9. The zero-order chi connectivity index (χ0) is 21.2. The third kappa shape index (κ3) is 5.42. The fourth-order valence-corrected chi connectivity index (χ4v) is 4.10. The van der Waals surface area contributed by atoms with Crippen LogP contribution in [0.25, 0.3) is 0 Å². The molecule has 0 unspecified atom stereocenters. The predicted molar refractivity (Wildman–Crippen MR) is 112 cm³/mol. The first-order valence-electron chi connectivity index (χ1n) is 9.51. The number of rotatable bonds is 7. The molecule has 1 saturated carbocycles. The highest BCUT2D eigenvalue weighted by atomic mass is 32.2. The van der Waals surface area contributed by atoms with Crippen molar-refractivity contribution in [2.45, 2.75) is 44.6 Å². The van der Waals surface area contributed by atoms with Crippen LogP contribution in [0, 0.1) is 12.8 Å². The molecule has 3 rings (SSSR count). The van der Waals surface area contributed by atoms with Gasteiger partial charge in [0.15, 0.2) is 0 Å². The minimum Gasteiger partial charge on any atom is -0.326 e. The monoisotopic (exact) mass is 415 g/mol. The molecule has 0 saturated heterocycles. The minimum absolute atomic E-state index is 0.0123. The Morgan fingerprint density at radius 1 is 1.03 bits per heavy atom. The maximum Gasteiger partial charge on any atom is 0.255 e. The van der Waals surface area contributed by atoms with Crippen molar-refractivity contribution < 1.29 is 18.0 Å². The zero-order valence-electron chi connectivity index (χ0n) is 16.7. The van der Waals surface area contributed by atoms with Gasteiger partial charge < -0.3 is 10.6 Å². The van der Waals surface area contributed by atoms with E-state index in [0.29, 0.717) is 11.4 Å². The summed E-state index contributed by atoms with van der Waals surface area (Å²) in [6.07, 6.45) is 1.82. The molecular formula is C21H25N3O4S. The lowest BCUT2D eigenvalue weighted by Crippen LogP contribution is -2.30. The quantitative estimate of drug-likeness (QED) is 0.645. The molecule has 8 heteroatoms. The van der Waals surface area contributed by atoms with Gasteiger partial charge in [0.1, 0.15) is 0 Å². The van der Waals surface area contributed by atoms with Crippen LogP contribution in [0.3, 0.4) is 0 Å². The molecule has 1 aliphatic carbocycles. The van der Waals surface area contributed by atoms with Crippen molar-refractivity contribution in [3.8, 4) is 0 Å². The molecule has 0 spiro atoms. The van der Waals surface area contributed by atoms with Gasteiger partial charge in [0.05, 0.1) is 4.90 Å². The molecule has 1 fully saturated rings. The van der Waals surface area contributed by atoms with Crippen LogP contribution in [-0.4, -0.2) is 26.3 Å². The molecule has 0 heterocycles. The second kappa shape index (κ2) is 8.34. The molecule has 2 aromatic carbocycles. The Morgan fingerprint density at radius 2 is 1.76 bits per heavy atom. The van der Waals surface area contributed by atoms with Crippen molar-refractivity contribution in [2.24, 2.45) is 5.92 Å². The molecule has 0 aliphatic heterocycles. The van der Waals surface area contributed by atoms with Gasteiger partial charge in [-0.05, 0) is 69.5 Å². The fraction of sp³-hybridized carbons (Fsp3) is 0.333. The van der Waals surface area contributed by atoms with Crippen molar-refractivity contribution >= 4 is 33.2 Å². The van der Waals surface area contributed by atoms with Crippen LogP contribution in [0.2, 0.25) is 0 Å². The second-order valence-electron chi connectivity index (χ2n) is 7.55. The van der Waals surface area contributed by atoms with E-state index in [-0.39, 0.29) is 28.3 Å². The first kappa shape index (κ1) is 21.0. The Bertz CT molecular complexity index is 1040. The van der Waals surface area contributed by atoms with Gasteiger partial charge in [0.25, 0.3) is 5.91 Å². The Morgan fingerprint density at radius 3 is 2.41 bits per heavy atom. The molecular weight excluding hydrogens is 390 g/mol. The number of aryl methyl sites for hydroxylation is 1. The average Bonchev–Trinajstić information content (AvgIpc) is 3.49. The summed E-state index contributed by atoms with van der Waals surface area (Å²) in [6.45, 7) is 5.30. The van der Waals surface area contributed by atoms with Gasteiger partial charge in [-0.2, -0.15) is 0 Å². The van der Waals surface area contributed by atoms with Crippen molar-refractivity contribution in [1.82, 2.24) is 4.72 Å². The van der Waals surface area contributed by atoms with Gasteiger partial charge in [0.2, 0.25) is 15.9 Å². The molecule has 7 nitrogen and oxygen atoms in total. The van der Waals surface area contributed by atoms with Crippen LogP contribution >= 0.6 is 0 Å². The molecule has 2 aromatic rings. The number of amides is 2. The van der Waals surface area contributed by atoms with E-state index in [9.17, 15) is 18.0 Å². The number of carbonyl (C=O) groups is 2. The zero-order valence-corrected chi connectivity index (χ0v) is 17.5. The fourth-order valence-electron chi connectivity index (χ4n) is 2.80. The molecule has 0 aromatic heterocycles. The number of hydrogen-bond donors (Lipinski definition) is 3. The molecule has 3 N–H and O–H groups in total. The molecule has 0 atom stereocenters. The maximum atomic E-state index is 12.7. The van der Waals surface area contributed by atoms with Crippen LogP contribution in [0.1, 0.15) is 42.6 Å². The lowest BCUT2D eigenvalue weighted by atomic mass is 10.1. The standard InChI is InChI=1S/C21H25N3O4S/c1-13(2)24-29(27,28)18-6-4-5-16(11-18)21(26)23-19-12-17(10-7-14(19)3)22-20(25)15-8-9-15/h4-7,10-13,15,24H,8-9H2,1-3H3,(H,22,25)(H,23,26). The number of nitrogens with one attached hydrogen (secondary N) is 3. The summed E-state index contributed by atoms with van der Waals surface area (Å²) < 4.78 is 27.2. The molecule has 0 bridgehead atoms. The third-order valence-corrected chi connectivity index (χ3v) is 6.16. The molecule has 1 aliphatic rings. The van der Waals surface area contributed by atoms with Gasteiger partial charge in [-0.15, -0.1) is 0 Å². The van der Waals surface area contributed by atoms with Gasteiger partial charge >= 0.3 is 0 Å². The lowest BCUT2D eigenvalue weighted by Gasteiger charge is -2.13. The molecule has 29 heavy (non-hydrogen) atoms. The number of sulfonamides is 1. The number of carbonyl (C=O) groups excluding carboxylic acids is 2. The molecule has 0 radical (unpaired) electrons. The van der Waals surface area contributed by atoms with Crippen molar-refractivity contribution in [3.63, 3.8) is 0 Å². The van der Waals surface area contributed by atoms with Gasteiger partial charge in [-0.3, -0.25) is 9.59 Å². The summed E-state index contributed by atoms with van der Waals surface area (Å²) in [6, 6.07) is 10.9. The van der Waals surface area contributed by atoms with Gasteiger partial charge in [-0.1, -0.05) is 12.1 Å². The highest BCUT2D eigenvalue weighted by Crippen LogP contribution is 2.31. The van der Waals surface area contributed by atoms with E-state index in [1.54, 1.807) is 32.0 Å².